The van der Waals surface area contributed by atoms with Crippen LogP contribution in [-0.2, 0) is 16.1 Å². The van der Waals surface area contributed by atoms with Gasteiger partial charge in [-0.2, -0.15) is 0 Å². The van der Waals surface area contributed by atoms with Gasteiger partial charge in [-0.25, -0.2) is 0 Å². The van der Waals surface area contributed by atoms with Crippen LogP contribution in [0.3, 0.4) is 0 Å². The Kier molecular flexibility index (Phi) is 8.19. The van der Waals surface area contributed by atoms with E-state index < -0.39 is 0 Å². The SMILES string of the molecule is CCN(CC(=O)NCc1cccs1)CC(=O)N[C@H](c1ccc(C)cc1)c1cccs1. The highest BCUT2D eigenvalue weighted by atomic mass is 32.1. The van der Waals surface area contributed by atoms with E-state index in [0.717, 1.165) is 15.3 Å². The van der Waals surface area contributed by atoms with Gasteiger partial charge in [-0.05, 0) is 41.9 Å². The van der Waals surface area contributed by atoms with Gasteiger partial charge in [-0.15, -0.1) is 22.7 Å². The summed E-state index contributed by atoms with van der Waals surface area (Å²) < 4.78 is 0. The van der Waals surface area contributed by atoms with Crippen LogP contribution in [0.1, 0.15) is 33.8 Å². The molecule has 1 atom stereocenters. The fraction of sp³-hybridized carbons (Fsp3) is 0.304. The molecule has 158 valence electrons. The molecule has 30 heavy (non-hydrogen) atoms. The van der Waals surface area contributed by atoms with Gasteiger partial charge in [-0.3, -0.25) is 14.5 Å². The number of aryl methyl sites for hydroxylation is 1. The number of thiophene rings is 2. The van der Waals surface area contributed by atoms with Crippen molar-refractivity contribution in [3.63, 3.8) is 0 Å². The molecule has 0 radical (unpaired) electrons. The van der Waals surface area contributed by atoms with E-state index in [1.165, 1.54) is 5.56 Å². The fourth-order valence-electron chi connectivity index (χ4n) is 3.08. The predicted octanol–water partition coefficient (Wildman–Crippen LogP) is 3.96. The molecule has 0 unspecified atom stereocenters. The normalized spacial score (nSPS) is 12.0. The first kappa shape index (κ1) is 22.2. The van der Waals surface area contributed by atoms with Crippen LogP contribution in [0.2, 0.25) is 0 Å². The average molecular weight is 442 g/mol. The topological polar surface area (TPSA) is 61.4 Å². The highest BCUT2D eigenvalue weighted by Crippen LogP contribution is 2.26. The summed E-state index contributed by atoms with van der Waals surface area (Å²) in [6.45, 7) is 5.52. The lowest BCUT2D eigenvalue weighted by atomic mass is 10.0. The average Bonchev–Trinajstić information content (AvgIpc) is 3.45. The van der Waals surface area contributed by atoms with Crippen LogP contribution < -0.4 is 10.6 Å². The molecule has 0 spiro atoms. The molecule has 1 aromatic carbocycles. The highest BCUT2D eigenvalue weighted by molar-refractivity contribution is 7.10. The Morgan fingerprint density at radius 2 is 1.67 bits per heavy atom. The largest absolute Gasteiger partial charge is 0.350 e. The van der Waals surface area contributed by atoms with Gasteiger partial charge in [-0.1, -0.05) is 48.9 Å². The molecule has 3 rings (SSSR count). The molecule has 0 aliphatic rings. The number of hydrogen-bond donors (Lipinski definition) is 2. The number of nitrogens with one attached hydrogen (secondary N) is 2. The Morgan fingerprint density at radius 3 is 2.30 bits per heavy atom. The van der Waals surface area contributed by atoms with E-state index >= 15 is 0 Å². The minimum atomic E-state index is -0.190. The second-order valence-electron chi connectivity index (χ2n) is 7.09. The van der Waals surface area contributed by atoms with Crippen molar-refractivity contribution in [2.75, 3.05) is 19.6 Å². The van der Waals surface area contributed by atoms with Gasteiger partial charge in [0.05, 0.1) is 25.7 Å². The van der Waals surface area contributed by atoms with Gasteiger partial charge in [0, 0.05) is 9.75 Å². The maximum absolute atomic E-state index is 12.8. The summed E-state index contributed by atoms with van der Waals surface area (Å²) in [5, 5.41) is 10.1. The second kappa shape index (κ2) is 11.1. The van der Waals surface area contributed by atoms with Gasteiger partial charge in [0.25, 0.3) is 0 Å². The molecule has 2 heterocycles. The number of hydrogen-bond acceptors (Lipinski definition) is 5. The molecule has 0 aliphatic heterocycles. The molecule has 5 nitrogen and oxygen atoms in total. The van der Waals surface area contributed by atoms with Crippen LogP contribution in [-0.4, -0.2) is 36.3 Å². The van der Waals surface area contributed by atoms with E-state index in [1.807, 2.05) is 53.8 Å². The summed E-state index contributed by atoms with van der Waals surface area (Å²) in [4.78, 5) is 29.1. The molecule has 2 N–H and O–H groups in total. The van der Waals surface area contributed by atoms with Gasteiger partial charge < -0.3 is 10.6 Å². The number of likely N-dealkylation sites (N-methyl/N-ethyl adjacent to an activating group) is 1. The molecule has 0 bridgehead atoms. The smallest absolute Gasteiger partial charge is 0.234 e. The van der Waals surface area contributed by atoms with Crippen LogP contribution in [0.5, 0.6) is 0 Å². The summed E-state index contributed by atoms with van der Waals surface area (Å²) in [7, 11) is 0. The first-order valence-corrected chi connectivity index (χ1v) is 11.7. The fourth-order valence-corrected chi connectivity index (χ4v) is 4.53. The van der Waals surface area contributed by atoms with Crippen LogP contribution in [0.25, 0.3) is 0 Å². The number of carbonyl (C=O) groups is 2. The Hall–Kier alpha value is -2.48. The van der Waals surface area contributed by atoms with Crippen molar-refractivity contribution in [1.82, 2.24) is 15.5 Å². The molecular formula is C23H27N3O2S2. The molecule has 3 aromatic rings. The van der Waals surface area contributed by atoms with Crippen LogP contribution >= 0.6 is 22.7 Å². The molecule has 2 amide bonds. The number of amides is 2. The number of benzene rings is 1. The first-order chi connectivity index (χ1) is 14.5. The quantitative estimate of drug-likeness (QED) is 0.501. The Balaban J connectivity index is 1.57. The molecule has 0 aliphatic carbocycles. The third-order valence-corrected chi connectivity index (χ3v) is 6.58. The molecule has 0 saturated carbocycles. The minimum Gasteiger partial charge on any atom is -0.350 e. The Labute approximate surface area is 185 Å². The predicted molar refractivity (Wildman–Crippen MR) is 124 cm³/mol. The first-order valence-electron chi connectivity index (χ1n) is 9.96. The van der Waals surface area contributed by atoms with Gasteiger partial charge in [0.1, 0.15) is 0 Å². The molecule has 7 heteroatoms. The van der Waals surface area contributed by atoms with Crippen molar-refractivity contribution in [1.29, 1.82) is 0 Å². The maximum Gasteiger partial charge on any atom is 0.234 e. The summed E-state index contributed by atoms with van der Waals surface area (Å²) in [6, 6.07) is 16.0. The standard InChI is InChI=1S/C23H27N3O2S2/c1-3-26(15-21(27)24-14-19-6-4-12-29-19)16-22(28)25-23(20-7-5-13-30-20)18-10-8-17(2)9-11-18/h4-13,23H,3,14-16H2,1-2H3,(H,24,27)(H,25,28)/t23-/m1/s1. The van der Waals surface area contributed by atoms with Crippen molar-refractivity contribution >= 4 is 34.5 Å². The van der Waals surface area contributed by atoms with E-state index in [9.17, 15) is 9.59 Å². The zero-order valence-electron chi connectivity index (χ0n) is 17.3. The monoisotopic (exact) mass is 441 g/mol. The molecule has 0 saturated heterocycles. The second-order valence-corrected chi connectivity index (χ2v) is 9.10. The van der Waals surface area contributed by atoms with Crippen molar-refractivity contribution in [3.8, 4) is 0 Å². The van der Waals surface area contributed by atoms with Gasteiger partial charge in [0.15, 0.2) is 0 Å². The van der Waals surface area contributed by atoms with E-state index in [2.05, 4.69) is 34.9 Å². The van der Waals surface area contributed by atoms with Crippen LogP contribution in [0.4, 0.5) is 0 Å². The molecular weight excluding hydrogens is 414 g/mol. The van der Waals surface area contributed by atoms with Crippen molar-refractivity contribution < 1.29 is 9.59 Å². The summed E-state index contributed by atoms with van der Waals surface area (Å²) in [5.41, 5.74) is 2.23. The lowest BCUT2D eigenvalue weighted by Crippen LogP contribution is -2.43. The summed E-state index contributed by atoms with van der Waals surface area (Å²) in [5.74, 6) is -0.173. The Bertz CT molecular complexity index is 922. The van der Waals surface area contributed by atoms with E-state index in [0.29, 0.717) is 13.1 Å². The van der Waals surface area contributed by atoms with E-state index in [-0.39, 0.29) is 30.9 Å². The van der Waals surface area contributed by atoms with E-state index in [4.69, 9.17) is 0 Å². The van der Waals surface area contributed by atoms with Crippen LogP contribution in [0.15, 0.2) is 59.3 Å². The zero-order valence-corrected chi connectivity index (χ0v) is 18.9. The number of nitrogens with zero attached hydrogens (tertiary/aromatic N) is 1. The van der Waals surface area contributed by atoms with Gasteiger partial charge in [0.2, 0.25) is 11.8 Å². The molecule has 0 fully saturated rings. The van der Waals surface area contributed by atoms with Crippen molar-refractivity contribution in [3.05, 3.63) is 80.2 Å². The molecule has 2 aromatic heterocycles. The summed E-state index contributed by atoms with van der Waals surface area (Å²) in [6.07, 6.45) is 0. The third kappa shape index (κ3) is 6.52. The number of rotatable bonds is 10. The van der Waals surface area contributed by atoms with E-state index in [1.54, 1.807) is 22.7 Å². The third-order valence-electron chi connectivity index (χ3n) is 4.77. The van der Waals surface area contributed by atoms with Crippen molar-refractivity contribution in [2.24, 2.45) is 0 Å². The highest BCUT2D eigenvalue weighted by Gasteiger charge is 2.20. The zero-order chi connectivity index (χ0) is 21.3. The minimum absolute atomic E-state index is 0.0774. The maximum atomic E-state index is 12.8. The Morgan fingerprint density at radius 1 is 0.967 bits per heavy atom. The van der Waals surface area contributed by atoms with Crippen molar-refractivity contribution in [2.45, 2.75) is 26.4 Å². The lowest BCUT2D eigenvalue weighted by Gasteiger charge is -2.23. The number of carbonyl (C=O) groups excluding carboxylic acids is 2. The lowest BCUT2D eigenvalue weighted by molar-refractivity contribution is -0.125. The summed E-state index contributed by atoms with van der Waals surface area (Å²) >= 11 is 3.23. The van der Waals surface area contributed by atoms with Crippen LogP contribution in [0, 0.1) is 6.92 Å². The van der Waals surface area contributed by atoms with Gasteiger partial charge >= 0.3 is 0 Å².